The zero-order chi connectivity index (χ0) is 27.7. The molecule has 43 heavy (non-hydrogen) atoms. The van der Waals surface area contributed by atoms with Gasteiger partial charge < -0.3 is 33.7 Å². The molecule has 0 unspecified atom stereocenters. The van der Waals surface area contributed by atoms with Crippen molar-refractivity contribution < 1.29 is 59.9 Å². The number of halogens is 2. The maximum Gasteiger partial charge on any atom is 4.00 e. The summed E-state index contributed by atoms with van der Waals surface area (Å²) in [6.07, 6.45) is 26.6. The summed E-state index contributed by atoms with van der Waals surface area (Å²) < 4.78 is 14.4. The second-order valence-electron chi connectivity index (χ2n) is 15.0. The molecule has 0 amide bonds. The van der Waals surface area contributed by atoms with Crippen LogP contribution in [0.2, 0.25) is 37.3 Å². The molecule has 0 bridgehead atoms. The Balaban J connectivity index is 0.00000169. The summed E-state index contributed by atoms with van der Waals surface area (Å²) in [6.45, 7) is 10.0. The third kappa shape index (κ3) is 8.57. The smallest absolute Gasteiger partial charge is 1.00 e. The molecule has 7 heteroatoms. The number of aryl methyl sites for hydroxylation is 2. The molecule has 238 valence electrons. The van der Waals surface area contributed by atoms with Gasteiger partial charge in [-0.05, 0) is 74.5 Å². The third-order valence-electron chi connectivity index (χ3n) is 11.5. The van der Waals surface area contributed by atoms with Crippen LogP contribution >= 0.6 is 0 Å². The van der Waals surface area contributed by atoms with E-state index in [1.807, 2.05) is 0 Å². The van der Waals surface area contributed by atoms with Crippen molar-refractivity contribution in [3.63, 3.8) is 0 Å². The fraction of sp³-hybridized carbons (Fsp3) is 0.722. The first kappa shape index (κ1) is 37.7. The predicted octanol–water partition coefficient (Wildman–Crippen LogP) is 4.51. The van der Waals surface area contributed by atoms with Crippen LogP contribution in [0, 0.1) is 0 Å². The molecule has 0 spiro atoms. The molecule has 2 aromatic rings. The molecule has 0 aromatic heterocycles. The minimum absolute atomic E-state index is 0. The minimum Gasteiger partial charge on any atom is -1.00 e. The maximum absolute atomic E-state index is 7.21. The SMILES string of the molecule is C[Si](C)(Oc1[cH-]c2c(c1CCc1c(O[Si](C)(C)C3CCCCC3)[cH-]c3c1CCCC3)CCCC2)C1CCCCC1.[Cl-].[Cl-].[Zr+4]. The molecule has 2 saturated carbocycles. The van der Waals surface area contributed by atoms with Crippen LogP contribution in [-0.4, -0.2) is 16.6 Å². The molecule has 0 atom stereocenters. The van der Waals surface area contributed by atoms with Gasteiger partial charge in [0.25, 0.3) is 0 Å². The molecule has 4 aliphatic carbocycles. The predicted molar refractivity (Wildman–Crippen MR) is 175 cm³/mol. The molecule has 0 N–H and O–H groups in total. The average Bonchev–Trinajstić information content (AvgIpc) is 3.48. The van der Waals surface area contributed by atoms with Gasteiger partial charge in [-0.2, -0.15) is 33.4 Å². The van der Waals surface area contributed by atoms with E-state index >= 15 is 0 Å². The molecule has 4 aliphatic rings. The Labute approximate surface area is 297 Å². The first-order valence-corrected chi connectivity index (χ1v) is 23.3. The van der Waals surface area contributed by atoms with Crippen molar-refractivity contribution >= 4 is 16.6 Å². The molecule has 6 rings (SSSR count). The van der Waals surface area contributed by atoms with Crippen LogP contribution in [0.1, 0.15) is 123 Å². The van der Waals surface area contributed by atoms with E-state index in [4.69, 9.17) is 8.85 Å². The van der Waals surface area contributed by atoms with Gasteiger partial charge in [0.15, 0.2) is 0 Å². The van der Waals surface area contributed by atoms with Gasteiger partial charge in [0.2, 0.25) is 16.6 Å². The molecule has 2 nitrogen and oxygen atoms in total. The molecule has 0 heterocycles. The first-order valence-electron chi connectivity index (χ1n) is 17.3. The molecule has 0 radical (unpaired) electrons. The van der Waals surface area contributed by atoms with Gasteiger partial charge in [0.05, 0.1) is 0 Å². The third-order valence-corrected chi connectivity index (χ3v) is 18.1. The van der Waals surface area contributed by atoms with Crippen molar-refractivity contribution in [2.75, 3.05) is 0 Å². The number of hydrogen-bond donors (Lipinski definition) is 0. The van der Waals surface area contributed by atoms with Crippen LogP contribution in [-0.2, 0) is 64.7 Å². The van der Waals surface area contributed by atoms with Gasteiger partial charge in [-0.15, -0.1) is 12.1 Å². The van der Waals surface area contributed by atoms with Gasteiger partial charge in [0, 0.05) is 0 Å². The molecule has 2 fully saturated rings. The van der Waals surface area contributed by atoms with Crippen LogP contribution in [0.3, 0.4) is 0 Å². The van der Waals surface area contributed by atoms with Gasteiger partial charge in [-0.1, -0.05) is 103 Å². The second-order valence-corrected chi connectivity index (χ2v) is 23.4. The summed E-state index contributed by atoms with van der Waals surface area (Å²) in [5.74, 6) is 2.57. The van der Waals surface area contributed by atoms with Crippen molar-refractivity contribution in [1.82, 2.24) is 0 Å². The van der Waals surface area contributed by atoms with E-state index in [9.17, 15) is 0 Å². The van der Waals surface area contributed by atoms with Gasteiger partial charge in [-0.25, -0.2) is 0 Å². The monoisotopic (exact) mass is 736 g/mol. The summed E-state index contributed by atoms with van der Waals surface area (Å²) in [5.41, 5.74) is 11.3. The molecule has 2 aromatic carbocycles. The van der Waals surface area contributed by atoms with Crippen LogP contribution in [0.25, 0.3) is 0 Å². The Morgan fingerprint density at radius 1 is 0.535 bits per heavy atom. The molecule has 0 saturated heterocycles. The van der Waals surface area contributed by atoms with E-state index in [0.717, 1.165) is 23.9 Å². The van der Waals surface area contributed by atoms with Crippen LogP contribution in [0.5, 0.6) is 11.5 Å². The molecular formula is C36H56Cl2O2Si2Zr. The summed E-state index contributed by atoms with van der Waals surface area (Å²) >= 11 is 0. The summed E-state index contributed by atoms with van der Waals surface area (Å²) in [5, 5.41) is 0. The average molecular weight is 739 g/mol. The van der Waals surface area contributed by atoms with Crippen molar-refractivity contribution in [2.24, 2.45) is 0 Å². The van der Waals surface area contributed by atoms with Crippen molar-refractivity contribution in [2.45, 2.75) is 166 Å². The van der Waals surface area contributed by atoms with E-state index in [1.165, 1.54) is 127 Å². The summed E-state index contributed by atoms with van der Waals surface area (Å²) in [7, 11) is -3.58. The molecular weight excluding hydrogens is 683 g/mol. The normalized spacial score (nSPS) is 19.7. The Hall–Kier alpha value is 0.197. The van der Waals surface area contributed by atoms with Crippen LogP contribution < -0.4 is 33.7 Å². The van der Waals surface area contributed by atoms with Crippen molar-refractivity contribution in [1.29, 1.82) is 0 Å². The Bertz CT molecular complexity index is 1070. The van der Waals surface area contributed by atoms with E-state index in [0.29, 0.717) is 0 Å². The minimum atomic E-state index is -1.79. The maximum atomic E-state index is 7.21. The number of rotatable bonds is 9. The second kappa shape index (κ2) is 16.3. The quantitative estimate of drug-likeness (QED) is 0.279. The topological polar surface area (TPSA) is 18.5 Å². The van der Waals surface area contributed by atoms with E-state index in [-0.39, 0.29) is 51.0 Å². The number of fused-ring (bicyclic) bond motifs is 2. The zero-order valence-corrected chi connectivity index (χ0v) is 33.5. The number of hydrogen-bond acceptors (Lipinski definition) is 2. The first-order chi connectivity index (χ1) is 19.3. The van der Waals surface area contributed by atoms with E-state index in [1.54, 1.807) is 33.4 Å². The zero-order valence-electron chi connectivity index (χ0n) is 27.5. The Morgan fingerprint density at radius 2 is 0.884 bits per heavy atom. The summed E-state index contributed by atoms with van der Waals surface area (Å²) in [4.78, 5) is 0. The largest absolute Gasteiger partial charge is 4.00 e. The Kier molecular flexibility index (Phi) is 14.3. The van der Waals surface area contributed by atoms with Crippen LogP contribution in [0.15, 0.2) is 12.1 Å². The Morgan fingerprint density at radius 3 is 1.26 bits per heavy atom. The van der Waals surface area contributed by atoms with Crippen molar-refractivity contribution in [3.05, 3.63) is 45.5 Å². The van der Waals surface area contributed by atoms with Crippen LogP contribution in [0.4, 0.5) is 0 Å². The fourth-order valence-corrected chi connectivity index (χ4v) is 14.4. The standard InChI is InChI=1S/C36H56O2Si2.2ClH.Zr/c1-39(2,29-17-7-5-8-18-29)37-35-25-27-15-11-13-21-31(27)33(35)23-24-34-32-22-14-12-16-28(32)26-36(34)38-40(3,4)30-19-9-6-10-20-30;;;/h25-26,29-30H,5-24H2,1-4H3;2*1H;/q-2;;;+4/p-2. The summed E-state index contributed by atoms with van der Waals surface area (Å²) in [6, 6.07) is 5.00. The molecule has 0 aliphatic heterocycles. The van der Waals surface area contributed by atoms with Crippen molar-refractivity contribution in [3.8, 4) is 11.5 Å². The van der Waals surface area contributed by atoms with E-state index < -0.39 is 16.6 Å². The fourth-order valence-electron chi connectivity index (χ4n) is 8.96. The van der Waals surface area contributed by atoms with Gasteiger partial charge >= 0.3 is 26.2 Å². The van der Waals surface area contributed by atoms with Gasteiger partial charge in [-0.3, -0.25) is 0 Å². The van der Waals surface area contributed by atoms with Gasteiger partial charge in [0.1, 0.15) is 0 Å². The van der Waals surface area contributed by atoms with E-state index in [2.05, 4.69) is 38.3 Å².